The molecule has 1 N–H and O–H groups in total. The van der Waals surface area contributed by atoms with E-state index in [1.54, 1.807) is 0 Å². The molecule has 1 aliphatic rings. The van der Waals surface area contributed by atoms with Crippen LogP contribution < -0.4 is 9.64 Å². The molecule has 128 valence electrons. The topological polar surface area (TPSA) is 40.0 Å². The number of rotatable bonds is 6. The Labute approximate surface area is 147 Å². The van der Waals surface area contributed by atoms with Crippen molar-refractivity contribution in [3.8, 4) is 5.75 Å². The lowest BCUT2D eigenvalue weighted by molar-refractivity contribution is -0.905. The molecule has 1 aliphatic heterocycles. The number of benzene rings is 1. The number of carbonyl (C=O) groups is 1. The average molecular weight is 385 g/mol. The quantitative estimate of drug-likeness (QED) is 0.764. The summed E-state index contributed by atoms with van der Waals surface area (Å²) >= 11 is 3.58. The lowest BCUT2D eigenvalue weighted by atomic mass is 9.97. The van der Waals surface area contributed by atoms with Crippen molar-refractivity contribution >= 4 is 21.9 Å². The number of quaternary nitrogens is 1. The van der Waals surface area contributed by atoms with Crippen molar-refractivity contribution in [2.75, 3.05) is 32.8 Å². The first-order chi connectivity index (χ1) is 11.0. The number of piperidine rings is 1. The van der Waals surface area contributed by atoms with E-state index in [0.717, 1.165) is 48.3 Å². The Morgan fingerprint density at radius 1 is 1.30 bits per heavy atom. The Morgan fingerprint density at radius 3 is 2.61 bits per heavy atom. The number of nitrogens with one attached hydrogen (secondary N) is 1. The molecule has 1 heterocycles. The van der Waals surface area contributed by atoms with E-state index in [-0.39, 0.29) is 11.9 Å². The second kappa shape index (κ2) is 8.69. The van der Waals surface area contributed by atoms with Crippen LogP contribution >= 0.6 is 15.9 Å². The number of hydrogen-bond donors (Lipinski definition) is 1. The third kappa shape index (κ3) is 5.21. The van der Waals surface area contributed by atoms with Crippen LogP contribution in [-0.2, 0) is 9.53 Å². The van der Waals surface area contributed by atoms with Gasteiger partial charge in [-0.3, -0.25) is 4.79 Å². The van der Waals surface area contributed by atoms with Crippen LogP contribution in [0.3, 0.4) is 0 Å². The number of carbonyl (C=O) groups excluding carboxylic acids is 1. The van der Waals surface area contributed by atoms with Gasteiger partial charge in [-0.05, 0) is 53.9 Å². The van der Waals surface area contributed by atoms with E-state index in [1.807, 2.05) is 6.92 Å². The molecule has 0 aromatic heterocycles. The molecule has 0 aliphatic carbocycles. The monoisotopic (exact) mass is 384 g/mol. The number of hydrogen-bond acceptors (Lipinski definition) is 3. The largest absolute Gasteiger partial charge is 0.486 e. The van der Waals surface area contributed by atoms with Gasteiger partial charge in [0.15, 0.2) is 0 Å². The first-order valence-electron chi connectivity index (χ1n) is 8.41. The molecule has 0 amide bonds. The van der Waals surface area contributed by atoms with Gasteiger partial charge >= 0.3 is 5.97 Å². The molecule has 0 saturated carbocycles. The smallest absolute Gasteiger partial charge is 0.309 e. The molecule has 0 radical (unpaired) electrons. The van der Waals surface area contributed by atoms with Crippen molar-refractivity contribution in [1.82, 2.24) is 0 Å². The number of likely N-dealkylation sites (tertiary alicyclic amines) is 1. The Kier molecular flexibility index (Phi) is 6.90. The Morgan fingerprint density at radius 2 is 2.00 bits per heavy atom. The third-order valence-corrected chi connectivity index (χ3v) is 4.98. The summed E-state index contributed by atoms with van der Waals surface area (Å²) in [5, 5.41) is 0. The van der Waals surface area contributed by atoms with E-state index in [9.17, 15) is 4.79 Å². The van der Waals surface area contributed by atoms with Crippen LogP contribution in [-0.4, -0.2) is 38.8 Å². The van der Waals surface area contributed by atoms with Gasteiger partial charge in [-0.1, -0.05) is 6.07 Å². The van der Waals surface area contributed by atoms with Gasteiger partial charge in [0.05, 0.1) is 30.1 Å². The molecule has 0 bridgehead atoms. The van der Waals surface area contributed by atoms with Gasteiger partial charge < -0.3 is 14.4 Å². The zero-order chi connectivity index (χ0) is 16.8. The third-order valence-electron chi connectivity index (χ3n) is 4.39. The SMILES string of the molecule is CCOC(=O)C1CC[NH+](CCOc2c(C)cc(C)cc2Br)CC1. The molecule has 23 heavy (non-hydrogen) atoms. The van der Waals surface area contributed by atoms with Crippen molar-refractivity contribution in [3.63, 3.8) is 0 Å². The van der Waals surface area contributed by atoms with Crippen molar-refractivity contribution in [3.05, 3.63) is 27.7 Å². The fourth-order valence-corrected chi connectivity index (χ4v) is 3.94. The predicted octanol–water partition coefficient (Wildman–Crippen LogP) is 2.30. The van der Waals surface area contributed by atoms with Crippen LogP contribution in [0.4, 0.5) is 0 Å². The summed E-state index contributed by atoms with van der Waals surface area (Å²) in [4.78, 5) is 13.3. The van der Waals surface area contributed by atoms with Crippen LogP contribution in [0.15, 0.2) is 16.6 Å². The highest BCUT2D eigenvalue weighted by Crippen LogP contribution is 2.29. The number of ether oxygens (including phenoxy) is 2. The standard InChI is InChI=1S/C18H26BrNO3/c1-4-22-18(21)15-5-7-20(8-6-15)9-10-23-17-14(3)11-13(2)12-16(17)19/h11-12,15H,4-10H2,1-3H3/p+1. The minimum Gasteiger partial charge on any atom is -0.486 e. The average Bonchev–Trinajstić information content (AvgIpc) is 2.50. The van der Waals surface area contributed by atoms with E-state index in [4.69, 9.17) is 9.47 Å². The van der Waals surface area contributed by atoms with Crippen LogP contribution in [0.5, 0.6) is 5.75 Å². The second-order valence-electron chi connectivity index (χ2n) is 6.27. The van der Waals surface area contributed by atoms with Gasteiger partial charge in [0.1, 0.15) is 18.9 Å². The van der Waals surface area contributed by atoms with Gasteiger partial charge in [0.25, 0.3) is 0 Å². The Balaban J connectivity index is 1.75. The lowest BCUT2D eigenvalue weighted by Crippen LogP contribution is -3.13. The molecule has 1 fully saturated rings. The van der Waals surface area contributed by atoms with Gasteiger partial charge in [0.2, 0.25) is 0 Å². The summed E-state index contributed by atoms with van der Waals surface area (Å²) in [5.74, 6) is 1.01. The highest BCUT2D eigenvalue weighted by atomic mass is 79.9. The second-order valence-corrected chi connectivity index (χ2v) is 7.12. The lowest BCUT2D eigenvalue weighted by Gasteiger charge is -2.28. The van der Waals surface area contributed by atoms with Crippen molar-refractivity contribution in [1.29, 1.82) is 0 Å². The summed E-state index contributed by atoms with van der Waals surface area (Å²) in [5.41, 5.74) is 2.39. The van der Waals surface area contributed by atoms with Crippen LogP contribution in [0.25, 0.3) is 0 Å². The summed E-state index contributed by atoms with van der Waals surface area (Å²) in [6, 6.07) is 4.22. The van der Waals surface area contributed by atoms with Gasteiger partial charge in [0, 0.05) is 12.8 Å². The van der Waals surface area contributed by atoms with Crippen LogP contribution in [0.2, 0.25) is 0 Å². The van der Waals surface area contributed by atoms with E-state index in [2.05, 4.69) is 41.9 Å². The first kappa shape index (κ1) is 18.3. The maximum atomic E-state index is 11.7. The van der Waals surface area contributed by atoms with Gasteiger partial charge in [-0.2, -0.15) is 0 Å². The highest BCUT2D eigenvalue weighted by Gasteiger charge is 2.28. The summed E-state index contributed by atoms with van der Waals surface area (Å²) in [6.45, 7) is 10.2. The normalized spacial score (nSPS) is 21.0. The van der Waals surface area contributed by atoms with Crippen molar-refractivity contribution in [2.45, 2.75) is 33.6 Å². The van der Waals surface area contributed by atoms with Crippen molar-refractivity contribution in [2.24, 2.45) is 5.92 Å². The number of esters is 1. The summed E-state index contributed by atoms with van der Waals surface area (Å²) in [7, 11) is 0. The van der Waals surface area contributed by atoms with Crippen LogP contribution in [0.1, 0.15) is 30.9 Å². The molecule has 1 aromatic rings. The molecule has 5 heteroatoms. The van der Waals surface area contributed by atoms with E-state index in [1.165, 1.54) is 10.5 Å². The zero-order valence-corrected chi connectivity index (χ0v) is 15.9. The molecule has 0 spiro atoms. The molecule has 0 atom stereocenters. The van der Waals surface area contributed by atoms with E-state index in [0.29, 0.717) is 13.2 Å². The summed E-state index contributed by atoms with van der Waals surface area (Å²) < 4.78 is 12.1. The molecule has 0 unspecified atom stereocenters. The molecular weight excluding hydrogens is 358 g/mol. The minimum atomic E-state index is -0.0259. The molecule has 1 saturated heterocycles. The predicted molar refractivity (Wildman–Crippen MR) is 94.0 cm³/mol. The first-order valence-corrected chi connectivity index (χ1v) is 9.20. The van der Waals surface area contributed by atoms with E-state index >= 15 is 0 Å². The highest BCUT2D eigenvalue weighted by molar-refractivity contribution is 9.10. The maximum absolute atomic E-state index is 11.7. The Bertz CT molecular complexity index is 516. The maximum Gasteiger partial charge on any atom is 0.309 e. The molecule has 1 aromatic carbocycles. The zero-order valence-electron chi connectivity index (χ0n) is 14.3. The number of aryl methyl sites for hydroxylation is 2. The Hall–Kier alpha value is -1.07. The molecular formula is C18H27BrNO3+. The minimum absolute atomic E-state index is 0.0259. The molecule has 2 rings (SSSR count). The van der Waals surface area contributed by atoms with Crippen molar-refractivity contribution < 1.29 is 19.2 Å². The van der Waals surface area contributed by atoms with E-state index < -0.39 is 0 Å². The van der Waals surface area contributed by atoms with Gasteiger partial charge in [-0.25, -0.2) is 0 Å². The fourth-order valence-electron chi connectivity index (χ4n) is 3.15. The van der Waals surface area contributed by atoms with Gasteiger partial charge in [-0.15, -0.1) is 0 Å². The fraction of sp³-hybridized carbons (Fsp3) is 0.611. The summed E-state index contributed by atoms with van der Waals surface area (Å²) in [6.07, 6.45) is 1.84. The molecule has 4 nitrogen and oxygen atoms in total. The van der Waals surface area contributed by atoms with Crippen LogP contribution in [0, 0.1) is 19.8 Å². The number of halogens is 1.